The Morgan fingerprint density at radius 3 is 2.41 bits per heavy atom. The Kier molecular flexibility index (Phi) is 3.96. The lowest BCUT2D eigenvalue weighted by Gasteiger charge is -2.24. The van der Waals surface area contributed by atoms with Gasteiger partial charge in [0.15, 0.2) is 5.60 Å². The maximum absolute atomic E-state index is 11.2. The number of hydrogen-bond donors (Lipinski definition) is 2. The molecular weight excluding hydrogens is 224 g/mol. The van der Waals surface area contributed by atoms with E-state index >= 15 is 0 Å². The first kappa shape index (κ1) is 13.3. The Bertz CT molecular complexity index is 415. The summed E-state index contributed by atoms with van der Waals surface area (Å²) >= 11 is 0. The van der Waals surface area contributed by atoms with Gasteiger partial charge in [-0.3, -0.25) is 0 Å². The number of carbonyl (C=O) groups is 1. The van der Waals surface area contributed by atoms with Crippen LogP contribution in [0.3, 0.4) is 0 Å². The summed E-state index contributed by atoms with van der Waals surface area (Å²) in [5.41, 5.74) is -1.78. The van der Waals surface area contributed by atoms with Crippen LogP contribution < -0.4 is 9.47 Å². The van der Waals surface area contributed by atoms with Crippen LogP contribution in [0.15, 0.2) is 18.2 Å². The molecule has 0 bridgehead atoms. The molecule has 1 unspecified atom stereocenters. The second-order valence-electron chi connectivity index (χ2n) is 3.59. The van der Waals surface area contributed by atoms with E-state index in [0.29, 0.717) is 11.5 Å². The van der Waals surface area contributed by atoms with Gasteiger partial charge in [-0.15, -0.1) is 0 Å². The van der Waals surface area contributed by atoms with E-state index in [1.807, 2.05) is 0 Å². The molecule has 0 aliphatic heterocycles. The number of hydrogen-bond acceptors (Lipinski definition) is 4. The molecule has 0 spiro atoms. The van der Waals surface area contributed by atoms with Crippen LogP contribution in [0, 0.1) is 0 Å². The fourth-order valence-corrected chi connectivity index (χ4v) is 1.59. The van der Waals surface area contributed by atoms with Crippen LogP contribution in [0.2, 0.25) is 0 Å². The molecule has 0 aromatic heterocycles. The molecule has 0 saturated heterocycles. The highest BCUT2D eigenvalue weighted by Gasteiger charge is 2.39. The predicted molar refractivity (Wildman–Crippen MR) is 61.4 cm³/mol. The van der Waals surface area contributed by atoms with E-state index in [2.05, 4.69) is 0 Å². The highest BCUT2D eigenvalue weighted by atomic mass is 16.5. The number of rotatable bonds is 5. The van der Waals surface area contributed by atoms with Crippen molar-refractivity contribution in [3.63, 3.8) is 0 Å². The second-order valence-corrected chi connectivity index (χ2v) is 3.59. The van der Waals surface area contributed by atoms with Crippen LogP contribution in [0.25, 0.3) is 0 Å². The molecule has 1 aromatic rings. The van der Waals surface area contributed by atoms with Gasteiger partial charge in [-0.25, -0.2) is 4.79 Å². The van der Waals surface area contributed by atoms with Gasteiger partial charge >= 0.3 is 5.97 Å². The molecular formula is C12H16O5. The Morgan fingerprint density at radius 1 is 1.35 bits per heavy atom. The molecule has 1 atom stereocenters. The van der Waals surface area contributed by atoms with E-state index in [-0.39, 0.29) is 12.0 Å². The van der Waals surface area contributed by atoms with Crippen LogP contribution in [-0.2, 0) is 10.4 Å². The summed E-state index contributed by atoms with van der Waals surface area (Å²) in [6.45, 7) is 1.59. The standard InChI is InChI=1S/C12H16O5/c1-4-12(15,11(13)14)9-7-8(16-2)5-6-10(9)17-3/h5-7,15H,4H2,1-3H3,(H,13,14). The molecule has 5 heteroatoms. The molecule has 1 aromatic carbocycles. The van der Waals surface area contributed by atoms with Crippen LogP contribution >= 0.6 is 0 Å². The van der Waals surface area contributed by atoms with Crippen LogP contribution in [0.4, 0.5) is 0 Å². The van der Waals surface area contributed by atoms with Crippen molar-refractivity contribution >= 4 is 5.97 Å². The molecule has 1 rings (SSSR count). The average Bonchev–Trinajstić information content (AvgIpc) is 2.36. The number of benzene rings is 1. The van der Waals surface area contributed by atoms with Gasteiger partial charge in [-0.05, 0) is 24.6 Å². The first-order valence-electron chi connectivity index (χ1n) is 5.17. The second kappa shape index (κ2) is 5.05. The molecule has 0 fully saturated rings. The summed E-state index contributed by atoms with van der Waals surface area (Å²) in [5.74, 6) is -0.530. The van der Waals surface area contributed by atoms with Gasteiger partial charge < -0.3 is 19.7 Å². The van der Waals surface area contributed by atoms with Gasteiger partial charge in [0, 0.05) is 5.56 Å². The maximum Gasteiger partial charge on any atom is 0.340 e. The lowest BCUT2D eigenvalue weighted by atomic mass is 9.90. The quantitative estimate of drug-likeness (QED) is 0.813. The number of methoxy groups -OCH3 is 2. The van der Waals surface area contributed by atoms with Crippen LogP contribution in [-0.4, -0.2) is 30.4 Å². The first-order chi connectivity index (χ1) is 7.99. The van der Waals surface area contributed by atoms with Crippen LogP contribution in [0.1, 0.15) is 18.9 Å². The minimum Gasteiger partial charge on any atom is -0.497 e. The molecule has 0 heterocycles. The Morgan fingerprint density at radius 2 is 2.00 bits per heavy atom. The number of ether oxygens (including phenoxy) is 2. The van der Waals surface area contributed by atoms with Crippen molar-refractivity contribution in [2.24, 2.45) is 0 Å². The monoisotopic (exact) mass is 240 g/mol. The van der Waals surface area contributed by atoms with E-state index in [9.17, 15) is 9.90 Å². The Labute approximate surface area is 99.6 Å². The summed E-state index contributed by atoms with van der Waals surface area (Å²) in [6.07, 6.45) is 0.0336. The van der Waals surface area contributed by atoms with Crippen LogP contribution in [0.5, 0.6) is 11.5 Å². The summed E-state index contributed by atoms with van der Waals surface area (Å²) in [4.78, 5) is 11.2. The molecule has 0 amide bonds. The largest absolute Gasteiger partial charge is 0.497 e. The zero-order valence-electron chi connectivity index (χ0n) is 10.1. The van der Waals surface area contributed by atoms with Crippen molar-refractivity contribution in [3.05, 3.63) is 23.8 Å². The van der Waals surface area contributed by atoms with Crippen molar-refractivity contribution in [2.75, 3.05) is 14.2 Å². The third-order valence-corrected chi connectivity index (χ3v) is 2.72. The minimum atomic E-state index is -1.97. The summed E-state index contributed by atoms with van der Waals surface area (Å²) in [7, 11) is 2.89. The highest BCUT2D eigenvalue weighted by molar-refractivity contribution is 5.80. The van der Waals surface area contributed by atoms with Crippen molar-refractivity contribution in [3.8, 4) is 11.5 Å². The lowest BCUT2D eigenvalue weighted by Crippen LogP contribution is -2.35. The van der Waals surface area contributed by atoms with Gasteiger partial charge in [-0.1, -0.05) is 6.92 Å². The van der Waals surface area contributed by atoms with Gasteiger partial charge in [0.25, 0.3) is 0 Å². The van der Waals surface area contributed by atoms with Crippen molar-refractivity contribution in [2.45, 2.75) is 18.9 Å². The molecule has 0 saturated carbocycles. The SMILES string of the molecule is CCC(O)(C(=O)O)c1cc(OC)ccc1OC. The van der Waals surface area contributed by atoms with Crippen molar-refractivity contribution in [1.29, 1.82) is 0 Å². The fraction of sp³-hybridized carbons (Fsp3) is 0.417. The molecule has 94 valence electrons. The minimum absolute atomic E-state index is 0.0336. The number of aliphatic hydroxyl groups is 1. The summed E-state index contributed by atoms with van der Waals surface area (Å²) in [5, 5.41) is 19.3. The zero-order chi connectivity index (χ0) is 13.1. The van der Waals surface area contributed by atoms with E-state index in [1.54, 1.807) is 19.1 Å². The number of carboxylic acids is 1. The lowest BCUT2D eigenvalue weighted by molar-refractivity contribution is -0.160. The number of aliphatic carboxylic acids is 1. The van der Waals surface area contributed by atoms with Crippen molar-refractivity contribution in [1.82, 2.24) is 0 Å². The molecule has 0 aliphatic rings. The van der Waals surface area contributed by atoms with Gasteiger partial charge in [0.1, 0.15) is 11.5 Å². The predicted octanol–water partition coefficient (Wildman–Crippen LogP) is 1.39. The topological polar surface area (TPSA) is 76.0 Å². The molecule has 2 N–H and O–H groups in total. The molecule has 5 nitrogen and oxygen atoms in total. The zero-order valence-corrected chi connectivity index (χ0v) is 10.1. The van der Waals surface area contributed by atoms with E-state index in [1.165, 1.54) is 20.3 Å². The normalized spacial score (nSPS) is 13.9. The summed E-state index contributed by atoms with van der Waals surface area (Å²) in [6, 6.07) is 4.68. The number of carboxylic acid groups (broad SMARTS) is 1. The third kappa shape index (κ3) is 2.34. The smallest absolute Gasteiger partial charge is 0.340 e. The molecule has 0 radical (unpaired) electrons. The maximum atomic E-state index is 11.2. The van der Waals surface area contributed by atoms with Gasteiger partial charge in [0.2, 0.25) is 0 Å². The molecule has 17 heavy (non-hydrogen) atoms. The summed E-state index contributed by atoms with van der Waals surface area (Å²) < 4.78 is 10.1. The Balaban J connectivity index is 3.39. The highest BCUT2D eigenvalue weighted by Crippen LogP contribution is 2.35. The van der Waals surface area contributed by atoms with E-state index < -0.39 is 11.6 Å². The molecule has 0 aliphatic carbocycles. The van der Waals surface area contributed by atoms with Gasteiger partial charge in [-0.2, -0.15) is 0 Å². The fourth-order valence-electron chi connectivity index (χ4n) is 1.59. The first-order valence-corrected chi connectivity index (χ1v) is 5.17. The average molecular weight is 240 g/mol. The van der Waals surface area contributed by atoms with E-state index in [0.717, 1.165) is 0 Å². The Hall–Kier alpha value is -1.75. The third-order valence-electron chi connectivity index (χ3n) is 2.72. The van der Waals surface area contributed by atoms with Gasteiger partial charge in [0.05, 0.1) is 14.2 Å². The van der Waals surface area contributed by atoms with Crippen molar-refractivity contribution < 1.29 is 24.5 Å². The van der Waals surface area contributed by atoms with E-state index in [4.69, 9.17) is 14.6 Å².